The van der Waals surface area contributed by atoms with Crippen LogP contribution in [0.1, 0.15) is 38.2 Å². The molecule has 11 nitrogen and oxygen atoms in total. The fraction of sp³-hybridized carbons (Fsp3) is 0.450. The minimum Gasteiger partial charge on any atom is -0.481 e. The predicted octanol–water partition coefficient (Wildman–Crippen LogP) is 0.412. The van der Waals surface area contributed by atoms with Crippen LogP contribution in [0.4, 0.5) is 0 Å². The van der Waals surface area contributed by atoms with Gasteiger partial charge in [-0.3, -0.25) is 14.4 Å². The van der Waals surface area contributed by atoms with Crippen LogP contribution in [0.3, 0.4) is 0 Å². The van der Waals surface area contributed by atoms with E-state index in [4.69, 9.17) is 20.1 Å². The van der Waals surface area contributed by atoms with Gasteiger partial charge < -0.3 is 30.7 Å². The predicted molar refractivity (Wildman–Crippen MR) is 107 cm³/mol. The van der Waals surface area contributed by atoms with E-state index in [0.29, 0.717) is 12.1 Å². The summed E-state index contributed by atoms with van der Waals surface area (Å²) in [5.41, 5.74) is 0.587. The third kappa shape index (κ3) is 9.61. The van der Waals surface area contributed by atoms with Crippen molar-refractivity contribution >= 4 is 29.7 Å². The van der Waals surface area contributed by atoms with E-state index in [0.717, 1.165) is 12.8 Å². The summed E-state index contributed by atoms with van der Waals surface area (Å²) in [5.74, 6) is -5.42. The summed E-state index contributed by atoms with van der Waals surface area (Å²) in [6.07, 6.45) is -0.991. The second kappa shape index (κ2) is 12.8. The van der Waals surface area contributed by atoms with Crippen LogP contribution in [0.2, 0.25) is 0 Å². The Bertz CT molecular complexity index is 778. The number of carboxylic acid groups (broad SMARTS) is 3. The molecule has 0 fully saturated rings. The lowest BCUT2D eigenvalue weighted by atomic mass is 10.0. The summed E-state index contributed by atoms with van der Waals surface area (Å²) in [6, 6.07) is 4.77. The first-order chi connectivity index (χ1) is 14.6. The standard InChI is InChI=1S/C20H26N2O9/c1-2-3-10-21-18(26)14(22-15(23)8-9-16(24)25)11-12-4-6-13(7-5-12)31-17(19(27)28)20(29)30/h4-7,14,17H,2-3,8-11H2,1H3,(H,21,26)(H,22,23)(H,24,25)(H,27,28)(H,29,30). The van der Waals surface area contributed by atoms with E-state index in [-0.39, 0.29) is 25.0 Å². The molecule has 0 heterocycles. The molecule has 31 heavy (non-hydrogen) atoms. The van der Waals surface area contributed by atoms with Gasteiger partial charge in [0.1, 0.15) is 11.8 Å². The summed E-state index contributed by atoms with van der Waals surface area (Å²) in [4.78, 5) is 56.9. The highest BCUT2D eigenvalue weighted by Gasteiger charge is 2.28. The van der Waals surface area contributed by atoms with Crippen LogP contribution in [0.5, 0.6) is 5.75 Å². The highest BCUT2D eigenvalue weighted by molar-refractivity contribution is 5.96. The van der Waals surface area contributed by atoms with Gasteiger partial charge in [-0.2, -0.15) is 0 Å². The average Bonchev–Trinajstić information content (AvgIpc) is 2.70. The summed E-state index contributed by atoms with van der Waals surface area (Å²) in [7, 11) is 0. The molecule has 0 saturated heterocycles. The zero-order valence-corrected chi connectivity index (χ0v) is 17.0. The largest absolute Gasteiger partial charge is 0.481 e. The fourth-order valence-corrected chi connectivity index (χ4v) is 2.49. The quantitative estimate of drug-likeness (QED) is 0.203. The number of hydrogen-bond acceptors (Lipinski definition) is 6. The molecule has 0 spiro atoms. The van der Waals surface area contributed by atoms with Gasteiger partial charge in [0.2, 0.25) is 11.8 Å². The van der Waals surface area contributed by atoms with Gasteiger partial charge in [0.05, 0.1) is 6.42 Å². The van der Waals surface area contributed by atoms with Crippen molar-refractivity contribution in [2.45, 2.75) is 51.2 Å². The van der Waals surface area contributed by atoms with Gasteiger partial charge in [0.25, 0.3) is 6.10 Å². The van der Waals surface area contributed by atoms with Crippen LogP contribution in [0.15, 0.2) is 24.3 Å². The van der Waals surface area contributed by atoms with E-state index in [1.165, 1.54) is 24.3 Å². The van der Waals surface area contributed by atoms with Crippen molar-refractivity contribution in [3.63, 3.8) is 0 Å². The zero-order valence-electron chi connectivity index (χ0n) is 17.0. The second-order valence-electron chi connectivity index (χ2n) is 6.68. The number of ether oxygens (including phenoxy) is 1. The Morgan fingerprint density at radius 1 is 0.968 bits per heavy atom. The number of carbonyl (C=O) groups is 5. The van der Waals surface area contributed by atoms with E-state index >= 15 is 0 Å². The van der Waals surface area contributed by atoms with Gasteiger partial charge in [-0.15, -0.1) is 0 Å². The Balaban J connectivity index is 2.85. The Morgan fingerprint density at radius 2 is 1.58 bits per heavy atom. The van der Waals surface area contributed by atoms with Crippen LogP contribution in [0.25, 0.3) is 0 Å². The second-order valence-corrected chi connectivity index (χ2v) is 6.68. The Kier molecular flexibility index (Phi) is 10.5. The molecule has 1 aromatic rings. The van der Waals surface area contributed by atoms with Crippen LogP contribution < -0.4 is 15.4 Å². The van der Waals surface area contributed by atoms with E-state index < -0.39 is 41.9 Å². The molecule has 1 unspecified atom stereocenters. The van der Waals surface area contributed by atoms with Gasteiger partial charge in [0.15, 0.2) is 0 Å². The molecule has 0 radical (unpaired) electrons. The maximum atomic E-state index is 12.5. The molecule has 1 rings (SSSR count). The van der Waals surface area contributed by atoms with Crippen LogP contribution in [0, 0.1) is 0 Å². The van der Waals surface area contributed by atoms with Gasteiger partial charge in [-0.05, 0) is 24.1 Å². The Morgan fingerprint density at radius 3 is 2.10 bits per heavy atom. The highest BCUT2D eigenvalue weighted by atomic mass is 16.5. The van der Waals surface area contributed by atoms with Crippen LogP contribution in [-0.4, -0.2) is 63.7 Å². The number of unbranched alkanes of at least 4 members (excludes halogenated alkanes) is 1. The molecule has 0 aliphatic carbocycles. The Hall–Kier alpha value is -3.63. The monoisotopic (exact) mass is 438 g/mol. The smallest absolute Gasteiger partial charge is 0.356 e. The first kappa shape index (κ1) is 25.4. The molecule has 2 amide bonds. The molecule has 5 N–H and O–H groups in total. The van der Waals surface area contributed by atoms with Crippen molar-refractivity contribution in [3.8, 4) is 5.75 Å². The van der Waals surface area contributed by atoms with E-state index in [9.17, 15) is 24.0 Å². The number of carboxylic acids is 3. The average molecular weight is 438 g/mol. The van der Waals surface area contributed by atoms with Gasteiger partial charge >= 0.3 is 17.9 Å². The van der Waals surface area contributed by atoms with Gasteiger partial charge in [-0.1, -0.05) is 25.5 Å². The summed E-state index contributed by atoms with van der Waals surface area (Å²) in [5, 5.41) is 31.7. The van der Waals surface area contributed by atoms with E-state index in [1.807, 2.05) is 6.92 Å². The van der Waals surface area contributed by atoms with Crippen molar-refractivity contribution in [1.82, 2.24) is 10.6 Å². The number of benzene rings is 1. The lowest BCUT2D eigenvalue weighted by Crippen LogP contribution is -2.48. The molecule has 0 bridgehead atoms. The Labute approximate surface area is 178 Å². The van der Waals surface area contributed by atoms with Gasteiger partial charge in [0, 0.05) is 19.4 Å². The van der Waals surface area contributed by atoms with Crippen LogP contribution in [-0.2, 0) is 30.4 Å². The van der Waals surface area contributed by atoms with Crippen molar-refractivity contribution in [2.24, 2.45) is 0 Å². The first-order valence-corrected chi connectivity index (χ1v) is 9.64. The minimum absolute atomic E-state index is 0.00740. The van der Waals surface area contributed by atoms with Crippen molar-refractivity contribution < 1.29 is 44.0 Å². The third-order valence-electron chi connectivity index (χ3n) is 4.11. The number of carbonyl (C=O) groups excluding carboxylic acids is 2. The summed E-state index contributed by atoms with van der Waals surface area (Å²) < 4.78 is 4.93. The highest BCUT2D eigenvalue weighted by Crippen LogP contribution is 2.16. The lowest BCUT2D eigenvalue weighted by molar-refractivity contribution is -0.159. The lowest BCUT2D eigenvalue weighted by Gasteiger charge is -2.19. The molecule has 0 saturated carbocycles. The number of rotatable bonds is 14. The molecule has 1 aromatic carbocycles. The first-order valence-electron chi connectivity index (χ1n) is 9.64. The molecule has 0 aliphatic rings. The normalized spacial score (nSPS) is 11.4. The van der Waals surface area contributed by atoms with Crippen molar-refractivity contribution in [1.29, 1.82) is 0 Å². The molecule has 11 heteroatoms. The maximum absolute atomic E-state index is 12.5. The van der Waals surface area contributed by atoms with Crippen molar-refractivity contribution in [2.75, 3.05) is 6.54 Å². The zero-order chi connectivity index (χ0) is 23.4. The fourth-order valence-electron chi connectivity index (χ4n) is 2.49. The van der Waals surface area contributed by atoms with E-state index in [2.05, 4.69) is 10.6 Å². The third-order valence-corrected chi connectivity index (χ3v) is 4.11. The van der Waals surface area contributed by atoms with Crippen molar-refractivity contribution in [3.05, 3.63) is 29.8 Å². The van der Waals surface area contributed by atoms with E-state index in [1.54, 1.807) is 0 Å². The molecule has 0 aliphatic heterocycles. The molecular formula is C20H26N2O9. The molecule has 1 atom stereocenters. The van der Waals surface area contributed by atoms with Crippen LogP contribution >= 0.6 is 0 Å². The summed E-state index contributed by atoms with van der Waals surface area (Å²) >= 11 is 0. The summed E-state index contributed by atoms with van der Waals surface area (Å²) in [6.45, 7) is 2.38. The SMILES string of the molecule is CCCCNC(=O)C(Cc1ccc(OC(C(=O)O)C(=O)O)cc1)NC(=O)CCC(=O)O. The molecule has 0 aromatic heterocycles. The number of hydrogen-bond donors (Lipinski definition) is 5. The molecule has 170 valence electrons. The number of amides is 2. The molecular weight excluding hydrogens is 412 g/mol. The topological polar surface area (TPSA) is 179 Å². The van der Waals surface area contributed by atoms with Gasteiger partial charge in [-0.25, -0.2) is 9.59 Å². The number of nitrogens with one attached hydrogen (secondary N) is 2. The number of aliphatic carboxylic acids is 3. The minimum atomic E-state index is -2.06. The maximum Gasteiger partial charge on any atom is 0.356 e.